The van der Waals surface area contributed by atoms with Crippen LogP contribution in [0.1, 0.15) is 31.3 Å². The maximum absolute atomic E-state index is 12.7. The highest BCUT2D eigenvalue weighted by Gasteiger charge is 2.23. The van der Waals surface area contributed by atoms with Gasteiger partial charge in [-0.2, -0.15) is 0 Å². The summed E-state index contributed by atoms with van der Waals surface area (Å²) in [6.07, 6.45) is 3.20. The second kappa shape index (κ2) is 8.71. The van der Waals surface area contributed by atoms with E-state index in [0.29, 0.717) is 24.0 Å². The quantitative estimate of drug-likeness (QED) is 0.556. The van der Waals surface area contributed by atoms with Gasteiger partial charge in [0.25, 0.3) is 0 Å². The molecule has 0 aliphatic rings. The number of sulfonamides is 1. The summed E-state index contributed by atoms with van der Waals surface area (Å²) in [5, 5.41) is 0.457. The fourth-order valence-electron chi connectivity index (χ4n) is 2.74. The average molecular weight is 455 g/mol. The molecule has 0 spiro atoms. The molecule has 2 heterocycles. The molecule has 0 aliphatic heterocycles. The van der Waals surface area contributed by atoms with Crippen LogP contribution >= 0.6 is 23.2 Å². The van der Waals surface area contributed by atoms with Crippen molar-refractivity contribution in [2.24, 2.45) is 0 Å². The Bertz CT molecular complexity index is 1110. The molecule has 10 heteroatoms. The zero-order valence-electron chi connectivity index (χ0n) is 16.1. The molecule has 154 valence electrons. The fourth-order valence-corrected chi connectivity index (χ4v) is 4.35. The number of imidazole rings is 1. The molecular weight excluding hydrogens is 435 g/mol. The predicted molar refractivity (Wildman–Crippen MR) is 112 cm³/mol. The second-order valence-electron chi connectivity index (χ2n) is 6.37. The molecule has 1 aromatic carbocycles. The van der Waals surface area contributed by atoms with Gasteiger partial charge in [-0.3, -0.25) is 9.55 Å². The van der Waals surface area contributed by atoms with Crippen molar-refractivity contribution in [3.63, 3.8) is 0 Å². The first kappa shape index (κ1) is 21.6. The van der Waals surface area contributed by atoms with Crippen molar-refractivity contribution in [1.29, 1.82) is 0 Å². The number of aromatic nitrogens is 3. The summed E-state index contributed by atoms with van der Waals surface area (Å²) in [7, 11) is -3.81. The minimum atomic E-state index is -3.81. The van der Waals surface area contributed by atoms with Crippen LogP contribution < -0.4 is 9.46 Å². The first-order valence-electron chi connectivity index (χ1n) is 8.84. The molecule has 1 atom stereocenters. The molecule has 0 radical (unpaired) electrons. The van der Waals surface area contributed by atoms with Crippen molar-refractivity contribution in [2.45, 2.75) is 38.3 Å². The van der Waals surface area contributed by atoms with Crippen LogP contribution in [0.25, 0.3) is 0 Å². The van der Waals surface area contributed by atoms with Crippen molar-refractivity contribution in [2.75, 3.05) is 0 Å². The highest BCUT2D eigenvalue weighted by molar-refractivity contribution is 7.89. The van der Waals surface area contributed by atoms with Crippen molar-refractivity contribution in [3.05, 3.63) is 64.2 Å². The number of ether oxygens (including phenoxy) is 1. The smallest absolute Gasteiger partial charge is 0.302 e. The van der Waals surface area contributed by atoms with E-state index in [1.54, 1.807) is 30.0 Å². The third kappa shape index (κ3) is 4.90. The normalized spacial score (nSPS) is 12.7. The van der Waals surface area contributed by atoms with Gasteiger partial charge in [0, 0.05) is 12.2 Å². The number of nitrogens with zero attached hydrogens (tertiary/aromatic N) is 3. The van der Waals surface area contributed by atoms with Crippen molar-refractivity contribution in [3.8, 4) is 11.8 Å². The monoisotopic (exact) mass is 454 g/mol. The molecule has 0 saturated heterocycles. The molecule has 0 fully saturated rings. The average Bonchev–Trinajstić information content (AvgIpc) is 3.08. The zero-order chi connectivity index (χ0) is 21.2. The molecule has 0 amide bonds. The first-order valence-corrected chi connectivity index (χ1v) is 11.1. The number of hydrogen-bond donors (Lipinski definition) is 1. The lowest BCUT2D eigenvalue weighted by atomic mass is 10.3. The van der Waals surface area contributed by atoms with E-state index in [1.807, 2.05) is 19.9 Å². The second-order valence-corrected chi connectivity index (χ2v) is 8.89. The number of aryl methyl sites for hydroxylation is 1. The van der Waals surface area contributed by atoms with Gasteiger partial charge in [0.15, 0.2) is 0 Å². The van der Waals surface area contributed by atoms with Gasteiger partial charge < -0.3 is 4.74 Å². The maximum atomic E-state index is 12.7. The SMILES string of the molecule is CCn1c(C(C)NS(=O)(=O)c2ccc(Cl)c(Cl)c2)cnc1Oc1ccc(C)nc1. The van der Waals surface area contributed by atoms with Gasteiger partial charge in [0.05, 0.1) is 39.1 Å². The molecule has 1 unspecified atom stereocenters. The third-order valence-corrected chi connectivity index (χ3v) is 6.51. The molecular formula is C19H20Cl2N4O3S. The summed E-state index contributed by atoms with van der Waals surface area (Å²) in [6.45, 7) is 6.08. The zero-order valence-corrected chi connectivity index (χ0v) is 18.4. The van der Waals surface area contributed by atoms with Gasteiger partial charge in [-0.05, 0) is 51.1 Å². The predicted octanol–water partition coefficient (Wildman–Crippen LogP) is 4.75. The Balaban J connectivity index is 1.83. The van der Waals surface area contributed by atoms with Gasteiger partial charge >= 0.3 is 6.01 Å². The largest absolute Gasteiger partial charge is 0.424 e. The Morgan fingerprint density at radius 2 is 1.90 bits per heavy atom. The fraction of sp³-hybridized carbons (Fsp3) is 0.263. The number of hydrogen-bond acceptors (Lipinski definition) is 5. The first-order chi connectivity index (χ1) is 13.7. The lowest BCUT2D eigenvalue weighted by Gasteiger charge is -2.17. The Morgan fingerprint density at radius 3 is 2.52 bits per heavy atom. The summed E-state index contributed by atoms with van der Waals surface area (Å²) in [4.78, 5) is 8.52. The topological polar surface area (TPSA) is 86.1 Å². The Morgan fingerprint density at radius 1 is 1.14 bits per heavy atom. The number of benzene rings is 1. The summed E-state index contributed by atoms with van der Waals surface area (Å²) >= 11 is 11.8. The van der Waals surface area contributed by atoms with Crippen molar-refractivity contribution >= 4 is 33.2 Å². The van der Waals surface area contributed by atoms with Gasteiger partial charge in [-0.25, -0.2) is 18.1 Å². The maximum Gasteiger partial charge on any atom is 0.302 e. The van der Waals surface area contributed by atoms with Crippen molar-refractivity contribution < 1.29 is 13.2 Å². The van der Waals surface area contributed by atoms with E-state index in [2.05, 4.69) is 14.7 Å². The van der Waals surface area contributed by atoms with E-state index < -0.39 is 16.1 Å². The number of nitrogens with one attached hydrogen (secondary N) is 1. The van der Waals surface area contributed by atoms with Gasteiger partial charge in [-0.1, -0.05) is 23.2 Å². The minimum absolute atomic E-state index is 0.0310. The lowest BCUT2D eigenvalue weighted by Crippen LogP contribution is -2.28. The van der Waals surface area contributed by atoms with E-state index in [0.717, 1.165) is 5.69 Å². The summed E-state index contributed by atoms with van der Waals surface area (Å²) in [6, 6.07) is 7.59. The molecule has 3 aromatic rings. The van der Waals surface area contributed by atoms with E-state index in [-0.39, 0.29) is 14.9 Å². The van der Waals surface area contributed by atoms with Gasteiger partial charge in [-0.15, -0.1) is 0 Å². The summed E-state index contributed by atoms with van der Waals surface area (Å²) in [5.74, 6) is 0.548. The summed E-state index contributed by atoms with van der Waals surface area (Å²) in [5.41, 5.74) is 1.54. The van der Waals surface area contributed by atoms with Crippen LogP contribution in [0.5, 0.6) is 11.8 Å². The van der Waals surface area contributed by atoms with Crippen LogP contribution in [0.3, 0.4) is 0 Å². The van der Waals surface area contributed by atoms with Gasteiger partial charge in [0.1, 0.15) is 5.75 Å². The Hall–Kier alpha value is -2.13. The summed E-state index contributed by atoms with van der Waals surface area (Å²) < 4.78 is 35.7. The van der Waals surface area contributed by atoms with Crippen LogP contribution in [-0.4, -0.2) is 23.0 Å². The highest BCUT2D eigenvalue weighted by atomic mass is 35.5. The highest BCUT2D eigenvalue weighted by Crippen LogP contribution is 2.27. The third-order valence-electron chi connectivity index (χ3n) is 4.24. The molecule has 1 N–H and O–H groups in total. The molecule has 2 aromatic heterocycles. The van der Waals surface area contributed by atoms with Crippen LogP contribution in [0.15, 0.2) is 47.6 Å². The minimum Gasteiger partial charge on any atom is -0.424 e. The van der Waals surface area contributed by atoms with Crippen molar-refractivity contribution in [1.82, 2.24) is 19.3 Å². The number of rotatable bonds is 7. The van der Waals surface area contributed by atoms with E-state index in [4.69, 9.17) is 27.9 Å². The molecule has 0 bridgehead atoms. The van der Waals surface area contributed by atoms with E-state index in [1.165, 1.54) is 18.2 Å². The van der Waals surface area contributed by atoms with Crippen LogP contribution in [-0.2, 0) is 16.6 Å². The van der Waals surface area contributed by atoms with E-state index in [9.17, 15) is 8.42 Å². The molecule has 0 aliphatic carbocycles. The number of pyridine rings is 1. The molecule has 3 rings (SSSR count). The molecule has 0 saturated carbocycles. The van der Waals surface area contributed by atoms with Crippen LogP contribution in [0.2, 0.25) is 10.0 Å². The van der Waals surface area contributed by atoms with Gasteiger partial charge in [0.2, 0.25) is 10.0 Å². The standard InChI is InChI=1S/C19H20Cl2N4O3S/c1-4-25-18(11-23-19(25)28-14-6-5-12(2)22-10-14)13(3)24-29(26,27)15-7-8-16(20)17(21)9-15/h5-11,13,24H,4H2,1-3H3. The van der Waals surface area contributed by atoms with Crippen LogP contribution in [0, 0.1) is 6.92 Å². The Labute approximate surface area is 179 Å². The lowest BCUT2D eigenvalue weighted by molar-refractivity contribution is 0.406. The van der Waals surface area contributed by atoms with Crippen LogP contribution in [0.4, 0.5) is 0 Å². The number of halogens is 2. The van der Waals surface area contributed by atoms with E-state index >= 15 is 0 Å². The molecule has 29 heavy (non-hydrogen) atoms. The Kier molecular flexibility index (Phi) is 6.48. The molecule has 7 nitrogen and oxygen atoms in total.